The summed E-state index contributed by atoms with van der Waals surface area (Å²) in [5.74, 6) is -0.438. The van der Waals surface area contributed by atoms with E-state index < -0.39 is 0 Å². The van der Waals surface area contributed by atoms with Crippen LogP contribution in [0.3, 0.4) is 0 Å². The highest BCUT2D eigenvalue weighted by Gasteiger charge is 2.24. The molecule has 1 unspecified atom stereocenters. The van der Waals surface area contributed by atoms with E-state index in [1.165, 1.54) is 24.3 Å². The molecule has 0 bridgehead atoms. The predicted octanol–water partition coefficient (Wildman–Crippen LogP) is 2.03. The van der Waals surface area contributed by atoms with Crippen LogP contribution >= 0.6 is 0 Å². The summed E-state index contributed by atoms with van der Waals surface area (Å²) >= 11 is 0. The molecule has 86 valence electrons. The zero-order valence-corrected chi connectivity index (χ0v) is 9.15. The first-order valence-electron chi connectivity index (χ1n) is 5.36. The van der Waals surface area contributed by atoms with Crippen LogP contribution in [-0.4, -0.2) is 30.2 Å². The third-order valence-corrected chi connectivity index (χ3v) is 2.69. The van der Waals surface area contributed by atoms with E-state index in [0.29, 0.717) is 18.7 Å². The molecule has 0 radical (unpaired) electrons. The molecule has 1 aliphatic heterocycles. The molecule has 0 spiro atoms. The standard InChI is InChI=1S/C12H14FNO2/c1-9-14(7-2-8-16-9)12(15)10-3-5-11(13)6-4-10/h3-6,9H,2,7-8H2,1H3. The lowest BCUT2D eigenvalue weighted by molar-refractivity contribution is -0.0661. The van der Waals surface area contributed by atoms with Crippen molar-refractivity contribution in [2.75, 3.05) is 13.2 Å². The van der Waals surface area contributed by atoms with E-state index in [9.17, 15) is 9.18 Å². The normalized spacial score (nSPS) is 20.9. The minimum absolute atomic E-state index is 0.104. The van der Waals surface area contributed by atoms with Gasteiger partial charge in [-0.3, -0.25) is 4.79 Å². The van der Waals surface area contributed by atoms with E-state index in [0.717, 1.165) is 6.42 Å². The van der Waals surface area contributed by atoms with Crippen molar-refractivity contribution in [2.24, 2.45) is 0 Å². The van der Waals surface area contributed by atoms with Gasteiger partial charge in [-0.05, 0) is 37.6 Å². The van der Waals surface area contributed by atoms with Gasteiger partial charge in [0.25, 0.3) is 5.91 Å². The van der Waals surface area contributed by atoms with Gasteiger partial charge in [-0.2, -0.15) is 0 Å². The first kappa shape index (κ1) is 11.1. The van der Waals surface area contributed by atoms with E-state index in [1.54, 1.807) is 4.90 Å². The number of carbonyl (C=O) groups excluding carboxylic acids is 1. The van der Waals surface area contributed by atoms with Crippen molar-refractivity contribution < 1.29 is 13.9 Å². The van der Waals surface area contributed by atoms with Gasteiger partial charge in [0.15, 0.2) is 0 Å². The lowest BCUT2D eigenvalue weighted by Crippen LogP contribution is -2.44. The number of carbonyl (C=O) groups is 1. The van der Waals surface area contributed by atoms with E-state index in [2.05, 4.69) is 0 Å². The Labute approximate surface area is 93.8 Å². The second kappa shape index (κ2) is 4.61. The van der Waals surface area contributed by atoms with Crippen molar-refractivity contribution in [2.45, 2.75) is 19.6 Å². The molecular weight excluding hydrogens is 209 g/mol. The Morgan fingerprint density at radius 3 is 2.75 bits per heavy atom. The van der Waals surface area contributed by atoms with E-state index in [4.69, 9.17) is 4.74 Å². The van der Waals surface area contributed by atoms with Crippen LogP contribution < -0.4 is 0 Å². The lowest BCUT2D eigenvalue weighted by Gasteiger charge is -2.33. The molecule has 1 aromatic rings. The van der Waals surface area contributed by atoms with Gasteiger partial charge in [0, 0.05) is 12.1 Å². The second-order valence-corrected chi connectivity index (χ2v) is 3.83. The molecule has 1 atom stereocenters. The molecule has 1 amide bonds. The SMILES string of the molecule is CC1OCCCN1C(=O)c1ccc(F)cc1. The van der Waals surface area contributed by atoms with Crippen LogP contribution in [0, 0.1) is 5.82 Å². The summed E-state index contributed by atoms with van der Waals surface area (Å²) in [7, 11) is 0. The van der Waals surface area contributed by atoms with Crippen molar-refractivity contribution in [3.05, 3.63) is 35.6 Å². The number of halogens is 1. The summed E-state index contributed by atoms with van der Waals surface area (Å²) in [6, 6.07) is 5.59. The summed E-state index contributed by atoms with van der Waals surface area (Å²) in [5.41, 5.74) is 0.499. The van der Waals surface area contributed by atoms with Crippen LogP contribution in [0.25, 0.3) is 0 Å². The fraction of sp³-hybridized carbons (Fsp3) is 0.417. The highest BCUT2D eigenvalue weighted by atomic mass is 19.1. The highest BCUT2D eigenvalue weighted by Crippen LogP contribution is 2.14. The quantitative estimate of drug-likeness (QED) is 0.729. The average Bonchev–Trinajstić information content (AvgIpc) is 2.30. The third-order valence-electron chi connectivity index (χ3n) is 2.69. The topological polar surface area (TPSA) is 29.5 Å². The molecule has 0 aliphatic carbocycles. The van der Waals surface area contributed by atoms with Crippen molar-refractivity contribution in [1.82, 2.24) is 4.90 Å². The molecule has 0 N–H and O–H groups in total. The van der Waals surface area contributed by atoms with Crippen molar-refractivity contribution >= 4 is 5.91 Å². The van der Waals surface area contributed by atoms with Crippen molar-refractivity contribution in [3.63, 3.8) is 0 Å². The molecular formula is C12H14FNO2. The molecule has 1 fully saturated rings. The smallest absolute Gasteiger partial charge is 0.255 e. The average molecular weight is 223 g/mol. The Balaban J connectivity index is 2.14. The summed E-state index contributed by atoms with van der Waals surface area (Å²) < 4.78 is 18.1. The summed E-state index contributed by atoms with van der Waals surface area (Å²) in [5, 5.41) is 0. The first-order valence-corrected chi connectivity index (χ1v) is 5.36. The minimum Gasteiger partial charge on any atom is -0.359 e. The molecule has 0 saturated carbocycles. The van der Waals surface area contributed by atoms with Gasteiger partial charge >= 0.3 is 0 Å². The maximum absolute atomic E-state index is 12.7. The van der Waals surface area contributed by atoms with Gasteiger partial charge in [0.2, 0.25) is 0 Å². The largest absolute Gasteiger partial charge is 0.359 e. The maximum Gasteiger partial charge on any atom is 0.255 e. The maximum atomic E-state index is 12.7. The Hall–Kier alpha value is -1.42. The van der Waals surface area contributed by atoms with Gasteiger partial charge in [0.1, 0.15) is 12.0 Å². The number of benzene rings is 1. The van der Waals surface area contributed by atoms with Crippen LogP contribution in [0.15, 0.2) is 24.3 Å². The summed E-state index contributed by atoms with van der Waals surface area (Å²) in [4.78, 5) is 13.7. The van der Waals surface area contributed by atoms with E-state index in [1.807, 2.05) is 6.92 Å². The molecule has 1 aliphatic rings. The molecule has 16 heavy (non-hydrogen) atoms. The van der Waals surface area contributed by atoms with Crippen LogP contribution in [0.2, 0.25) is 0 Å². The Morgan fingerprint density at radius 1 is 1.44 bits per heavy atom. The molecule has 2 rings (SSSR count). The van der Waals surface area contributed by atoms with Crippen LogP contribution in [-0.2, 0) is 4.74 Å². The van der Waals surface area contributed by atoms with Crippen molar-refractivity contribution in [3.8, 4) is 0 Å². The molecule has 1 saturated heterocycles. The zero-order valence-electron chi connectivity index (χ0n) is 9.15. The number of nitrogens with zero attached hydrogens (tertiary/aromatic N) is 1. The van der Waals surface area contributed by atoms with E-state index in [-0.39, 0.29) is 18.0 Å². The number of hydrogen-bond donors (Lipinski definition) is 0. The molecule has 4 heteroatoms. The number of ether oxygens (including phenoxy) is 1. The monoisotopic (exact) mass is 223 g/mol. The third kappa shape index (κ3) is 2.22. The van der Waals surface area contributed by atoms with Crippen LogP contribution in [0.4, 0.5) is 4.39 Å². The fourth-order valence-electron chi connectivity index (χ4n) is 1.79. The van der Waals surface area contributed by atoms with Crippen molar-refractivity contribution in [1.29, 1.82) is 0 Å². The Bertz CT molecular complexity index is 377. The number of rotatable bonds is 1. The van der Waals surface area contributed by atoms with E-state index >= 15 is 0 Å². The summed E-state index contributed by atoms with van der Waals surface area (Å²) in [6.45, 7) is 3.23. The zero-order chi connectivity index (χ0) is 11.5. The molecule has 1 aromatic carbocycles. The van der Waals surface area contributed by atoms with Gasteiger partial charge in [0.05, 0.1) is 6.61 Å². The minimum atomic E-state index is -0.334. The number of amides is 1. The number of hydrogen-bond acceptors (Lipinski definition) is 2. The molecule has 3 nitrogen and oxygen atoms in total. The molecule has 1 heterocycles. The highest BCUT2D eigenvalue weighted by molar-refractivity contribution is 5.94. The first-order chi connectivity index (χ1) is 7.68. The second-order valence-electron chi connectivity index (χ2n) is 3.83. The molecule has 0 aromatic heterocycles. The van der Waals surface area contributed by atoms with Gasteiger partial charge in [-0.15, -0.1) is 0 Å². The predicted molar refractivity (Wildman–Crippen MR) is 57.5 cm³/mol. The van der Waals surface area contributed by atoms with Gasteiger partial charge in [-0.25, -0.2) is 4.39 Å². The summed E-state index contributed by atoms with van der Waals surface area (Å²) in [6.07, 6.45) is 0.642. The van der Waals surface area contributed by atoms with Crippen LogP contribution in [0.1, 0.15) is 23.7 Å². The van der Waals surface area contributed by atoms with Crippen LogP contribution in [0.5, 0.6) is 0 Å². The Morgan fingerprint density at radius 2 is 2.12 bits per heavy atom. The van der Waals surface area contributed by atoms with Gasteiger partial charge in [-0.1, -0.05) is 0 Å². The van der Waals surface area contributed by atoms with Gasteiger partial charge < -0.3 is 9.64 Å². The Kier molecular flexibility index (Phi) is 3.19. The fourth-order valence-corrected chi connectivity index (χ4v) is 1.79. The lowest BCUT2D eigenvalue weighted by atomic mass is 10.2.